The number of hydrogen-bond acceptors (Lipinski definition) is 6. The lowest BCUT2D eigenvalue weighted by molar-refractivity contribution is -0.114. The van der Waals surface area contributed by atoms with Gasteiger partial charge >= 0.3 is 0 Å². The number of carbonyl (C=O) groups is 1. The van der Waals surface area contributed by atoms with Crippen LogP contribution in [0.5, 0.6) is 11.5 Å². The SMILES string of the molecule is O=C(CN(c1ccc(F)cc1)S(=O)(=O)c1ccc2c(c1)OCCO2)Nc1ccc(N2CCCCC2)cc1. The maximum atomic E-state index is 13.7. The fraction of sp³-hybridized carbons (Fsp3) is 0.296. The van der Waals surface area contributed by atoms with E-state index < -0.39 is 28.3 Å². The van der Waals surface area contributed by atoms with E-state index in [2.05, 4.69) is 10.2 Å². The number of sulfonamides is 1. The summed E-state index contributed by atoms with van der Waals surface area (Å²) in [5.74, 6) is -0.288. The molecule has 194 valence electrons. The predicted octanol–water partition coefficient (Wildman–Crippen LogP) is 4.42. The quantitative estimate of drug-likeness (QED) is 0.491. The number of nitrogens with zero attached hydrogens (tertiary/aromatic N) is 2. The smallest absolute Gasteiger partial charge is 0.264 e. The number of carbonyl (C=O) groups excluding carboxylic acids is 1. The average molecular weight is 526 g/mol. The number of anilines is 3. The van der Waals surface area contributed by atoms with Crippen LogP contribution in [0, 0.1) is 5.82 Å². The van der Waals surface area contributed by atoms with Crippen molar-refractivity contribution in [1.82, 2.24) is 0 Å². The van der Waals surface area contributed by atoms with E-state index in [0.29, 0.717) is 30.4 Å². The maximum absolute atomic E-state index is 13.7. The normalized spacial score (nSPS) is 15.2. The van der Waals surface area contributed by atoms with Gasteiger partial charge in [-0.05, 0) is 79.9 Å². The highest BCUT2D eigenvalue weighted by Crippen LogP contribution is 2.34. The average Bonchev–Trinajstić information content (AvgIpc) is 2.93. The van der Waals surface area contributed by atoms with Gasteiger partial charge in [-0.2, -0.15) is 0 Å². The third kappa shape index (κ3) is 5.64. The van der Waals surface area contributed by atoms with Crippen LogP contribution in [0.2, 0.25) is 0 Å². The van der Waals surface area contributed by atoms with E-state index in [4.69, 9.17) is 9.47 Å². The van der Waals surface area contributed by atoms with Crippen LogP contribution in [0.1, 0.15) is 19.3 Å². The molecular formula is C27H28FN3O5S. The molecule has 0 spiro atoms. The highest BCUT2D eigenvalue weighted by atomic mass is 32.2. The Morgan fingerprint density at radius 2 is 1.57 bits per heavy atom. The topological polar surface area (TPSA) is 88.2 Å². The molecule has 1 amide bonds. The molecule has 0 radical (unpaired) electrons. The highest BCUT2D eigenvalue weighted by Gasteiger charge is 2.29. The Morgan fingerprint density at radius 3 is 2.27 bits per heavy atom. The van der Waals surface area contributed by atoms with Crippen LogP contribution in [0.25, 0.3) is 0 Å². The fourth-order valence-corrected chi connectivity index (χ4v) is 5.91. The van der Waals surface area contributed by atoms with Gasteiger partial charge in [0.1, 0.15) is 25.6 Å². The van der Waals surface area contributed by atoms with Gasteiger partial charge in [0.15, 0.2) is 11.5 Å². The Bertz CT molecular complexity index is 1360. The van der Waals surface area contributed by atoms with Crippen LogP contribution >= 0.6 is 0 Å². The Morgan fingerprint density at radius 1 is 0.892 bits per heavy atom. The molecule has 1 N–H and O–H groups in total. The van der Waals surface area contributed by atoms with Gasteiger partial charge < -0.3 is 19.7 Å². The molecule has 0 aromatic heterocycles. The van der Waals surface area contributed by atoms with E-state index in [0.717, 1.165) is 48.1 Å². The Kier molecular flexibility index (Phi) is 7.18. The second-order valence-electron chi connectivity index (χ2n) is 8.94. The summed E-state index contributed by atoms with van der Waals surface area (Å²) >= 11 is 0. The van der Waals surface area contributed by atoms with Crippen LogP contribution < -0.4 is 24.0 Å². The van der Waals surface area contributed by atoms with Crippen molar-refractivity contribution in [2.45, 2.75) is 24.2 Å². The van der Waals surface area contributed by atoms with Gasteiger partial charge in [0.2, 0.25) is 5.91 Å². The van der Waals surface area contributed by atoms with E-state index in [1.54, 1.807) is 12.1 Å². The second kappa shape index (κ2) is 10.7. The van der Waals surface area contributed by atoms with Crippen molar-refractivity contribution in [2.75, 3.05) is 47.4 Å². The van der Waals surface area contributed by atoms with Crippen molar-refractivity contribution in [3.63, 3.8) is 0 Å². The van der Waals surface area contributed by atoms with Gasteiger partial charge in [0.05, 0.1) is 10.6 Å². The van der Waals surface area contributed by atoms with Crippen molar-refractivity contribution in [3.8, 4) is 11.5 Å². The first-order valence-corrected chi connectivity index (χ1v) is 13.7. The lowest BCUT2D eigenvalue weighted by Crippen LogP contribution is -2.38. The van der Waals surface area contributed by atoms with Gasteiger partial charge in [-0.15, -0.1) is 0 Å². The van der Waals surface area contributed by atoms with Gasteiger partial charge in [-0.25, -0.2) is 12.8 Å². The first-order chi connectivity index (χ1) is 17.9. The molecule has 2 aliphatic rings. The van der Waals surface area contributed by atoms with E-state index in [-0.39, 0.29) is 10.6 Å². The summed E-state index contributed by atoms with van der Waals surface area (Å²) in [5, 5.41) is 2.77. The van der Waals surface area contributed by atoms with Gasteiger partial charge in [0, 0.05) is 30.5 Å². The van der Waals surface area contributed by atoms with Crippen molar-refractivity contribution in [2.24, 2.45) is 0 Å². The zero-order valence-electron chi connectivity index (χ0n) is 20.2. The van der Waals surface area contributed by atoms with Crippen molar-refractivity contribution < 1.29 is 27.1 Å². The van der Waals surface area contributed by atoms with Crippen LogP contribution in [0.3, 0.4) is 0 Å². The van der Waals surface area contributed by atoms with E-state index in [1.807, 2.05) is 12.1 Å². The molecule has 0 saturated carbocycles. The van der Waals surface area contributed by atoms with Crippen molar-refractivity contribution >= 4 is 33.0 Å². The third-order valence-corrected chi connectivity index (χ3v) is 8.15. The van der Waals surface area contributed by atoms with Crippen LogP contribution in [-0.2, 0) is 14.8 Å². The number of rotatable bonds is 7. The molecule has 2 aliphatic heterocycles. The summed E-state index contributed by atoms with van der Waals surface area (Å²) in [6.45, 7) is 2.19. The molecule has 5 rings (SSSR count). The monoisotopic (exact) mass is 525 g/mol. The molecule has 0 bridgehead atoms. The van der Waals surface area contributed by atoms with Gasteiger partial charge in [0.25, 0.3) is 10.0 Å². The van der Waals surface area contributed by atoms with Crippen LogP contribution in [0.4, 0.5) is 21.5 Å². The number of nitrogens with one attached hydrogen (secondary N) is 1. The van der Waals surface area contributed by atoms with Crippen LogP contribution in [-0.4, -0.2) is 47.2 Å². The molecule has 1 saturated heterocycles. The van der Waals surface area contributed by atoms with Gasteiger partial charge in [-0.1, -0.05) is 0 Å². The summed E-state index contributed by atoms with van der Waals surface area (Å²) in [4.78, 5) is 15.3. The maximum Gasteiger partial charge on any atom is 0.264 e. The zero-order chi connectivity index (χ0) is 25.8. The van der Waals surface area contributed by atoms with Gasteiger partial charge in [-0.3, -0.25) is 9.10 Å². The first kappa shape index (κ1) is 24.9. The van der Waals surface area contributed by atoms with Crippen molar-refractivity contribution in [3.05, 3.63) is 72.5 Å². The Hall–Kier alpha value is -3.79. The van der Waals surface area contributed by atoms with Crippen molar-refractivity contribution in [1.29, 1.82) is 0 Å². The number of ether oxygens (including phenoxy) is 2. The Balaban J connectivity index is 1.37. The number of amides is 1. The molecule has 1 fully saturated rings. The lowest BCUT2D eigenvalue weighted by Gasteiger charge is -2.29. The molecule has 37 heavy (non-hydrogen) atoms. The number of halogens is 1. The first-order valence-electron chi connectivity index (χ1n) is 12.2. The largest absolute Gasteiger partial charge is 0.486 e. The standard InChI is InChI=1S/C27H28FN3O5S/c28-20-4-8-23(9-5-20)31(37(33,34)24-12-13-25-26(18-24)36-17-16-35-25)19-27(32)29-21-6-10-22(11-7-21)30-14-2-1-3-15-30/h4-13,18H,1-3,14-17,19H2,(H,29,32). The molecule has 10 heteroatoms. The minimum atomic E-state index is -4.20. The molecule has 2 heterocycles. The number of hydrogen-bond donors (Lipinski definition) is 1. The minimum absolute atomic E-state index is 0.0697. The number of fused-ring (bicyclic) bond motifs is 1. The molecule has 0 atom stereocenters. The molecule has 8 nitrogen and oxygen atoms in total. The molecule has 0 aliphatic carbocycles. The third-order valence-electron chi connectivity index (χ3n) is 6.38. The lowest BCUT2D eigenvalue weighted by atomic mass is 10.1. The zero-order valence-corrected chi connectivity index (χ0v) is 21.0. The summed E-state index contributed by atoms with van der Waals surface area (Å²) < 4.78 is 52.9. The molecule has 3 aromatic carbocycles. The summed E-state index contributed by atoms with van der Waals surface area (Å²) in [6.07, 6.45) is 3.56. The fourth-order valence-electron chi connectivity index (χ4n) is 4.47. The summed E-state index contributed by atoms with van der Waals surface area (Å²) in [7, 11) is -4.20. The van der Waals surface area contributed by atoms with E-state index >= 15 is 0 Å². The number of benzene rings is 3. The Labute approximate surface area is 215 Å². The van der Waals surface area contributed by atoms with Crippen LogP contribution in [0.15, 0.2) is 71.6 Å². The minimum Gasteiger partial charge on any atom is -0.486 e. The summed E-state index contributed by atoms with van der Waals surface area (Å²) in [5.41, 5.74) is 1.81. The number of piperidine rings is 1. The highest BCUT2D eigenvalue weighted by molar-refractivity contribution is 7.92. The predicted molar refractivity (Wildman–Crippen MR) is 139 cm³/mol. The molecule has 3 aromatic rings. The molecule has 0 unspecified atom stereocenters. The van der Waals surface area contributed by atoms with E-state index in [1.165, 1.54) is 36.8 Å². The second-order valence-corrected chi connectivity index (χ2v) is 10.8. The summed E-state index contributed by atoms with van der Waals surface area (Å²) in [6, 6.07) is 16.8. The molecular weight excluding hydrogens is 497 g/mol. The van der Waals surface area contributed by atoms with E-state index in [9.17, 15) is 17.6 Å².